The molecule has 2 rings (SSSR count). The van der Waals surface area contributed by atoms with Crippen molar-refractivity contribution in [3.63, 3.8) is 0 Å². The Balaban J connectivity index is 0. The lowest BCUT2D eigenvalue weighted by Crippen LogP contribution is -2.12. The van der Waals surface area contributed by atoms with Crippen LogP contribution < -0.4 is 5.14 Å². The smallest absolute Gasteiger partial charge is 0.233 e. The van der Waals surface area contributed by atoms with Gasteiger partial charge in [0.1, 0.15) is 5.76 Å². The Morgan fingerprint density at radius 1 is 1.13 bits per heavy atom. The van der Waals surface area contributed by atoms with Gasteiger partial charge in [-0.3, -0.25) is 4.68 Å². The van der Waals surface area contributed by atoms with Gasteiger partial charge in [0.15, 0.2) is 0 Å². The molecular weight excluding hydrogens is 530 g/mol. The Morgan fingerprint density at radius 2 is 1.69 bits per heavy atom. The second-order valence-corrected chi connectivity index (χ2v) is 9.54. The number of sulfonamides is 1. The Kier molecular flexibility index (Phi) is 20.6. The van der Waals surface area contributed by atoms with Crippen LogP contribution in [0.5, 0.6) is 0 Å². The molecule has 212 valence electrons. The van der Waals surface area contributed by atoms with E-state index in [4.69, 9.17) is 26.6 Å². The van der Waals surface area contributed by atoms with Crippen molar-refractivity contribution in [3.05, 3.63) is 113 Å². The standard InChI is InChI=1S/C23H25ClN2O.C4H9NO2S.C2H6.C2H2/c1-5-15-26-23(20-11-13-21(24)14-12-20)17-22(25-26)16-19(6-2)10-8-7-9-18(3)27-4;1-3-4(2)8(5,6)7;2*1-2/h5-14,17H,1,3,15-16H2,2,4H3;3H,1-2H3,(H2,5,6,7);1-2H3;1-2H/b9-7-,10-8-,19-6+;4-3+;;. The van der Waals surface area contributed by atoms with Crippen molar-refractivity contribution in [1.82, 2.24) is 9.78 Å². The van der Waals surface area contributed by atoms with E-state index in [1.54, 1.807) is 14.0 Å². The maximum Gasteiger partial charge on any atom is 0.233 e. The van der Waals surface area contributed by atoms with Crippen molar-refractivity contribution in [3.8, 4) is 24.1 Å². The molecule has 0 spiro atoms. The minimum absolute atomic E-state index is 0.206. The van der Waals surface area contributed by atoms with Crippen LogP contribution in [0.25, 0.3) is 11.3 Å². The summed E-state index contributed by atoms with van der Waals surface area (Å²) in [7, 11) is -1.79. The molecule has 0 fully saturated rings. The monoisotopic (exact) mass is 571 g/mol. The van der Waals surface area contributed by atoms with Gasteiger partial charge in [-0.15, -0.1) is 19.4 Å². The number of nitrogens with two attached hydrogens (primary N) is 1. The number of hydrogen-bond acceptors (Lipinski definition) is 4. The third-order valence-electron chi connectivity index (χ3n) is 4.85. The number of rotatable bonds is 10. The maximum atomic E-state index is 10.3. The van der Waals surface area contributed by atoms with Crippen molar-refractivity contribution in [2.24, 2.45) is 5.14 Å². The summed E-state index contributed by atoms with van der Waals surface area (Å²) in [6, 6.07) is 9.91. The molecule has 0 unspecified atom stereocenters. The summed E-state index contributed by atoms with van der Waals surface area (Å²) < 4.78 is 27.5. The zero-order valence-corrected chi connectivity index (χ0v) is 25.5. The first kappa shape index (κ1) is 37.6. The van der Waals surface area contributed by atoms with Gasteiger partial charge in [-0.1, -0.05) is 80.6 Å². The fraction of sp³-hybridized carbons (Fsp3) is 0.258. The van der Waals surface area contributed by atoms with Gasteiger partial charge in [0.05, 0.1) is 29.9 Å². The summed E-state index contributed by atoms with van der Waals surface area (Å²) in [5, 5.41) is 10.2. The third-order valence-corrected chi connectivity index (χ3v) is 6.23. The predicted octanol–water partition coefficient (Wildman–Crippen LogP) is 7.63. The van der Waals surface area contributed by atoms with Crippen LogP contribution in [0.2, 0.25) is 5.02 Å². The van der Waals surface area contributed by atoms with Gasteiger partial charge in [0.25, 0.3) is 0 Å². The lowest BCUT2D eigenvalue weighted by molar-refractivity contribution is 0.309. The molecule has 39 heavy (non-hydrogen) atoms. The summed E-state index contributed by atoms with van der Waals surface area (Å²) in [4.78, 5) is 0.206. The SMILES string of the molecule is C#C.C/C=C(\C)S(N)(=O)=O.C=CCn1nc(CC(/C=C\C=C/C(=C)OC)=C/C)cc1-c1ccc(Cl)cc1.CC. The third kappa shape index (κ3) is 15.4. The number of benzene rings is 1. The quantitative estimate of drug-likeness (QED) is 0.137. The number of nitrogens with zero attached hydrogens (tertiary/aromatic N) is 2. The average molecular weight is 572 g/mol. The van der Waals surface area contributed by atoms with Crippen molar-refractivity contribution in [2.75, 3.05) is 7.11 Å². The van der Waals surface area contributed by atoms with E-state index in [-0.39, 0.29) is 4.91 Å². The van der Waals surface area contributed by atoms with Crippen molar-refractivity contribution in [2.45, 2.75) is 47.6 Å². The van der Waals surface area contributed by atoms with Crippen LogP contribution in [0.3, 0.4) is 0 Å². The molecule has 0 saturated carbocycles. The lowest BCUT2D eigenvalue weighted by atomic mass is 10.1. The molecule has 2 aromatic rings. The molecule has 0 aliphatic heterocycles. The number of ether oxygens (including phenoxy) is 1. The Labute approximate surface area is 241 Å². The van der Waals surface area contributed by atoms with E-state index in [0.717, 1.165) is 28.4 Å². The zero-order valence-electron chi connectivity index (χ0n) is 23.9. The Bertz CT molecular complexity index is 1260. The van der Waals surface area contributed by atoms with Gasteiger partial charge < -0.3 is 4.74 Å². The van der Waals surface area contributed by atoms with E-state index < -0.39 is 10.0 Å². The van der Waals surface area contributed by atoms with Crippen LogP contribution in [-0.4, -0.2) is 25.3 Å². The molecule has 8 heteroatoms. The fourth-order valence-electron chi connectivity index (χ4n) is 2.71. The molecule has 0 amide bonds. The van der Waals surface area contributed by atoms with E-state index in [1.807, 2.05) is 74.0 Å². The molecule has 2 N–H and O–H groups in total. The van der Waals surface area contributed by atoms with Gasteiger partial charge in [-0.05, 0) is 56.2 Å². The van der Waals surface area contributed by atoms with Crippen LogP contribution in [0.15, 0.2) is 102 Å². The number of aromatic nitrogens is 2. The highest BCUT2D eigenvalue weighted by Gasteiger charge is 2.10. The van der Waals surface area contributed by atoms with Crippen LogP contribution in [-0.2, 0) is 27.7 Å². The first-order valence-corrected chi connectivity index (χ1v) is 14.1. The minimum atomic E-state index is -3.39. The van der Waals surface area contributed by atoms with Crippen molar-refractivity contribution >= 4 is 21.6 Å². The van der Waals surface area contributed by atoms with Gasteiger partial charge in [0, 0.05) is 11.4 Å². The lowest BCUT2D eigenvalue weighted by Gasteiger charge is -2.04. The molecular formula is C31H42ClN3O3S. The van der Waals surface area contributed by atoms with Gasteiger partial charge >= 0.3 is 0 Å². The van der Waals surface area contributed by atoms with E-state index in [9.17, 15) is 8.42 Å². The summed E-state index contributed by atoms with van der Waals surface area (Å²) in [6.07, 6.45) is 21.9. The number of allylic oxidation sites excluding steroid dienone is 9. The second-order valence-electron chi connectivity index (χ2n) is 7.37. The Hall–Kier alpha value is -3.57. The van der Waals surface area contributed by atoms with Crippen LogP contribution in [0.4, 0.5) is 0 Å². The highest BCUT2D eigenvalue weighted by molar-refractivity contribution is 7.93. The highest BCUT2D eigenvalue weighted by Crippen LogP contribution is 2.24. The normalized spacial score (nSPS) is 11.4. The van der Waals surface area contributed by atoms with Crippen molar-refractivity contribution in [1.29, 1.82) is 0 Å². The molecule has 0 aliphatic carbocycles. The largest absolute Gasteiger partial charge is 0.497 e. The predicted molar refractivity (Wildman–Crippen MR) is 169 cm³/mol. The van der Waals surface area contributed by atoms with Crippen LogP contribution >= 0.6 is 11.6 Å². The summed E-state index contributed by atoms with van der Waals surface area (Å²) in [6.45, 7) is 17.3. The molecule has 0 aliphatic rings. The van der Waals surface area contributed by atoms with E-state index in [0.29, 0.717) is 12.3 Å². The second kappa shape index (κ2) is 21.4. The molecule has 0 bridgehead atoms. The number of terminal acetylenes is 1. The number of hydrogen-bond donors (Lipinski definition) is 1. The molecule has 6 nitrogen and oxygen atoms in total. The highest BCUT2D eigenvalue weighted by atomic mass is 35.5. The summed E-state index contributed by atoms with van der Waals surface area (Å²) in [5.74, 6) is 0.623. The van der Waals surface area contributed by atoms with Crippen LogP contribution in [0, 0.1) is 12.8 Å². The molecule has 0 saturated heterocycles. The molecule has 1 aromatic carbocycles. The zero-order chi connectivity index (χ0) is 30.4. The van der Waals surface area contributed by atoms with Gasteiger partial charge in [-0.25, -0.2) is 13.6 Å². The minimum Gasteiger partial charge on any atom is -0.497 e. The summed E-state index contributed by atoms with van der Waals surface area (Å²) >= 11 is 6.01. The topological polar surface area (TPSA) is 87.2 Å². The van der Waals surface area contributed by atoms with Gasteiger partial charge in [-0.2, -0.15) is 5.10 Å². The van der Waals surface area contributed by atoms with Gasteiger partial charge in [0.2, 0.25) is 10.0 Å². The van der Waals surface area contributed by atoms with E-state index in [2.05, 4.69) is 44.2 Å². The van der Waals surface area contributed by atoms with Crippen LogP contribution in [0.1, 0.15) is 40.3 Å². The van der Waals surface area contributed by atoms with E-state index >= 15 is 0 Å². The first-order valence-electron chi connectivity index (χ1n) is 12.2. The number of primary sulfonamides is 1. The molecule has 1 aromatic heterocycles. The molecule has 0 atom stereocenters. The fourth-order valence-corrected chi connectivity index (χ4v) is 3.17. The van der Waals surface area contributed by atoms with E-state index in [1.165, 1.54) is 18.6 Å². The number of methoxy groups -OCH3 is 1. The summed E-state index contributed by atoms with van der Waals surface area (Å²) in [5.41, 5.74) is 4.31. The van der Waals surface area contributed by atoms with Crippen molar-refractivity contribution < 1.29 is 13.2 Å². The molecule has 0 radical (unpaired) electrons. The Morgan fingerprint density at radius 3 is 2.13 bits per heavy atom. The first-order chi connectivity index (χ1) is 18.5. The maximum absolute atomic E-state index is 10.3. The molecule has 1 heterocycles. The number of halogens is 1. The average Bonchev–Trinajstić information content (AvgIpc) is 3.34.